The number of rotatable bonds is 3. The maximum absolute atomic E-state index is 11.0. The zero-order valence-electron chi connectivity index (χ0n) is 8.03. The van der Waals surface area contributed by atoms with E-state index in [2.05, 4.69) is 4.98 Å². The Hall–Kier alpha value is -0.890. The summed E-state index contributed by atoms with van der Waals surface area (Å²) in [6.45, 7) is 0. The highest BCUT2D eigenvalue weighted by Gasteiger charge is 2.13. The third kappa shape index (κ3) is 2.82. The van der Waals surface area contributed by atoms with Gasteiger partial charge in [-0.3, -0.25) is 0 Å². The Labute approximate surface area is 102 Å². The molecule has 0 aliphatic rings. The van der Waals surface area contributed by atoms with Gasteiger partial charge in [-0.15, -0.1) is 0 Å². The predicted octanol–water partition coefficient (Wildman–Crippen LogP) is 1.94. The fourth-order valence-corrected chi connectivity index (χ4v) is 3.83. The summed E-state index contributed by atoms with van der Waals surface area (Å²) < 4.78 is 22.8. The van der Waals surface area contributed by atoms with Crippen molar-refractivity contribution in [1.29, 1.82) is 0 Å². The van der Waals surface area contributed by atoms with Gasteiger partial charge in [0.25, 0.3) is 10.0 Å². The number of hydrogen-bond donors (Lipinski definition) is 1. The minimum atomic E-state index is -3.68. The Morgan fingerprint density at radius 3 is 2.50 bits per heavy atom. The summed E-state index contributed by atoms with van der Waals surface area (Å²) in [4.78, 5) is 4.80. The molecule has 0 saturated carbocycles. The zero-order valence-corrected chi connectivity index (χ0v) is 10.5. The van der Waals surface area contributed by atoms with Gasteiger partial charge in [0.15, 0.2) is 0 Å². The van der Waals surface area contributed by atoms with Gasteiger partial charge >= 0.3 is 0 Å². The lowest BCUT2D eigenvalue weighted by molar-refractivity contribution is 0.597. The van der Waals surface area contributed by atoms with E-state index in [0.717, 1.165) is 20.4 Å². The van der Waals surface area contributed by atoms with Crippen LogP contribution < -0.4 is 5.14 Å². The van der Waals surface area contributed by atoms with E-state index in [-0.39, 0.29) is 4.34 Å². The monoisotopic (exact) mass is 272 g/mol. The molecule has 0 radical (unpaired) electrons. The highest BCUT2D eigenvalue weighted by molar-refractivity contribution is 8.01. The van der Waals surface area contributed by atoms with Crippen molar-refractivity contribution in [3.63, 3.8) is 0 Å². The first-order chi connectivity index (χ1) is 7.55. The van der Waals surface area contributed by atoms with E-state index in [1.807, 2.05) is 30.3 Å². The molecule has 0 aliphatic heterocycles. The van der Waals surface area contributed by atoms with E-state index >= 15 is 0 Å². The van der Waals surface area contributed by atoms with Crippen LogP contribution in [0.3, 0.4) is 0 Å². The molecular formula is C9H8N2O2S3. The molecule has 1 aromatic heterocycles. The van der Waals surface area contributed by atoms with Gasteiger partial charge in [0.2, 0.25) is 4.34 Å². The number of hydrogen-bond acceptors (Lipinski definition) is 5. The molecule has 2 aromatic rings. The topological polar surface area (TPSA) is 73.1 Å². The molecule has 0 fully saturated rings. The van der Waals surface area contributed by atoms with Crippen LogP contribution in [0.4, 0.5) is 0 Å². The van der Waals surface area contributed by atoms with Gasteiger partial charge in [-0.2, -0.15) is 0 Å². The molecule has 2 rings (SSSR count). The highest BCUT2D eigenvalue weighted by Crippen LogP contribution is 2.32. The molecule has 0 atom stereocenters. The van der Waals surface area contributed by atoms with E-state index in [9.17, 15) is 8.42 Å². The summed E-state index contributed by atoms with van der Waals surface area (Å²) in [5.41, 5.74) is 0. The smallest absolute Gasteiger partial charge is 0.231 e. The van der Waals surface area contributed by atoms with Gasteiger partial charge in [-0.1, -0.05) is 41.3 Å². The molecule has 84 valence electrons. The molecule has 0 aliphatic carbocycles. The highest BCUT2D eigenvalue weighted by atomic mass is 32.3. The molecule has 1 heterocycles. The van der Waals surface area contributed by atoms with Crippen molar-refractivity contribution in [3.05, 3.63) is 36.5 Å². The lowest BCUT2D eigenvalue weighted by atomic mass is 10.4. The first kappa shape index (κ1) is 11.6. The van der Waals surface area contributed by atoms with E-state index in [0.29, 0.717) is 0 Å². The van der Waals surface area contributed by atoms with Crippen LogP contribution in [0.15, 0.2) is 50.0 Å². The number of nitrogens with two attached hydrogens (primary N) is 1. The third-order valence-corrected chi connectivity index (χ3v) is 5.11. The summed E-state index contributed by atoms with van der Waals surface area (Å²) >= 11 is 2.53. The summed E-state index contributed by atoms with van der Waals surface area (Å²) in [5, 5.41) is 4.97. The predicted molar refractivity (Wildman–Crippen MR) is 64.1 cm³/mol. The maximum atomic E-state index is 11.0. The van der Waals surface area contributed by atoms with E-state index < -0.39 is 10.0 Å². The molecule has 0 unspecified atom stereocenters. The van der Waals surface area contributed by atoms with E-state index in [4.69, 9.17) is 5.14 Å². The molecule has 2 N–H and O–H groups in total. The molecule has 0 amide bonds. The number of benzene rings is 1. The number of aromatic nitrogens is 1. The minimum absolute atomic E-state index is 0.0501. The van der Waals surface area contributed by atoms with Crippen molar-refractivity contribution >= 4 is 33.1 Å². The summed E-state index contributed by atoms with van der Waals surface area (Å²) in [6.07, 6.45) is 1.52. The van der Waals surface area contributed by atoms with Crippen molar-refractivity contribution in [2.24, 2.45) is 5.14 Å². The molecular weight excluding hydrogens is 264 g/mol. The van der Waals surface area contributed by atoms with Crippen molar-refractivity contribution in [2.45, 2.75) is 13.4 Å². The first-order valence-corrected chi connectivity index (χ1v) is 7.45. The summed E-state index contributed by atoms with van der Waals surface area (Å²) in [5.74, 6) is 0. The Kier molecular flexibility index (Phi) is 3.29. The van der Waals surface area contributed by atoms with E-state index in [1.165, 1.54) is 18.0 Å². The molecule has 1 aromatic carbocycles. The van der Waals surface area contributed by atoms with Gasteiger partial charge in [0, 0.05) is 4.90 Å². The number of nitrogens with zero attached hydrogens (tertiary/aromatic N) is 1. The lowest BCUT2D eigenvalue weighted by Crippen LogP contribution is -2.11. The van der Waals surface area contributed by atoms with Gasteiger partial charge in [-0.25, -0.2) is 18.5 Å². The quantitative estimate of drug-likeness (QED) is 0.926. The number of primary sulfonamides is 1. The second-order valence-corrected chi connectivity index (χ2v) is 7.04. The molecule has 0 saturated heterocycles. The largest absolute Gasteiger partial charge is 0.265 e. The molecule has 4 nitrogen and oxygen atoms in total. The van der Waals surface area contributed by atoms with Crippen LogP contribution in [-0.4, -0.2) is 13.4 Å². The van der Waals surface area contributed by atoms with Crippen molar-refractivity contribution < 1.29 is 8.42 Å². The standard InChI is InChI=1S/C9H8N2O2S3/c10-16(12,13)9-11-6-8(15-9)14-7-4-2-1-3-5-7/h1-6H,(H2,10,12,13). The first-order valence-electron chi connectivity index (χ1n) is 4.27. The van der Waals surface area contributed by atoms with Crippen LogP contribution >= 0.6 is 23.1 Å². The second kappa shape index (κ2) is 4.54. The van der Waals surface area contributed by atoms with Crippen LogP contribution in [0.1, 0.15) is 0 Å². The van der Waals surface area contributed by atoms with Crippen LogP contribution in [-0.2, 0) is 10.0 Å². The minimum Gasteiger partial charge on any atom is -0.231 e. The van der Waals surface area contributed by atoms with E-state index in [1.54, 1.807) is 0 Å². The number of thiazole rings is 1. The molecule has 0 spiro atoms. The Bertz CT molecular complexity index is 578. The van der Waals surface area contributed by atoms with Gasteiger partial charge < -0.3 is 0 Å². The molecule has 16 heavy (non-hydrogen) atoms. The van der Waals surface area contributed by atoms with Gasteiger partial charge in [-0.05, 0) is 12.1 Å². The Balaban J connectivity index is 2.22. The molecule has 0 bridgehead atoms. The van der Waals surface area contributed by atoms with Crippen LogP contribution in [0.2, 0.25) is 0 Å². The SMILES string of the molecule is NS(=O)(=O)c1ncc(Sc2ccccc2)s1. The lowest BCUT2D eigenvalue weighted by Gasteiger charge is -1.95. The maximum Gasteiger partial charge on any atom is 0.265 e. The van der Waals surface area contributed by atoms with Crippen LogP contribution in [0, 0.1) is 0 Å². The Morgan fingerprint density at radius 2 is 1.94 bits per heavy atom. The Morgan fingerprint density at radius 1 is 1.25 bits per heavy atom. The fourth-order valence-electron chi connectivity index (χ4n) is 1.03. The third-order valence-electron chi connectivity index (χ3n) is 1.67. The van der Waals surface area contributed by atoms with Crippen molar-refractivity contribution in [2.75, 3.05) is 0 Å². The normalized spacial score (nSPS) is 11.6. The summed E-state index contributed by atoms with van der Waals surface area (Å²) in [6, 6.07) is 9.66. The molecule has 7 heteroatoms. The second-order valence-electron chi connectivity index (χ2n) is 2.91. The number of sulfonamides is 1. The zero-order chi connectivity index (χ0) is 11.6. The van der Waals surface area contributed by atoms with Crippen LogP contribution in [0.5, 0.6) is 0 Å². The van der Waals surface area contributed by atoms with Crippen molar-refractivity contribution in [1.82, 2.24) is 4.98 Å². The van der Waals surface area contributed by atoms with Crippen molar-refractivity contribution in [3.8, 4) is 0 Å². The summed E-state index contributed by atoms with van der Waals surface area (Å²) in [7, 11) is -3.68. The van der Waals surface area contributed by atoms with Gasteiger partial charge in [0.05, 0.1) is 10.4 Å². The average Bonchev–Trinajstić information content (AvgIpc) is 2.67. The average molecular weight is 272 g/mol. The fraction of sp³-hybridized carbons (Fsp3) is 0. The van der Waals surface area contributed by atoms with Gasteiger partial charge in [0.1, 0.15) is 0 Å². The van der Waals surface area contributed by atoms with Crippen LogP contribution in [0.25, 0.3) is 0 Å².